The van der Waals surface area contributed by atoms with Crippen LogP contribution in [-0.2, 0) is 5.41 Å². The third kappa shape index (κ3) is 3.44. The van der Waals surface area contributed by atoms with Crippen molar-refractivity contribution in [2.45, 2.75) is 71.9 Å². The maximum atomic E-state index is 3.83. The predicted octanol–water partition coefficient (Wildman–Crippen LogP) is 5.07. The van der Waals surface area contributed by atoms with Crippen LogP contribution in [-0.4, -0.2) is 6.04 Å². The van der Waals surface area contributed by atoms with Gasteiger partial charge in [-0.3, -0.25) is 0 Å². The Morgan fingerprint density at radius 3 is 2.10 bits per heavy atom. The van der Waals surface area contributed by atoms with E-state index in [0.717, 1.165) is 11.8 Å². The quantitative estimate of drug-likeness (QED) is 0.810. The summed E-state index contributed by atoms with van der Waals surface area (Å²) >= 11 is 0. The molecule has 0 aliphatic heterocycles. The van der Waals surface area contributed by atoms with E-state index in [1.54, 1.807) is 0 Å². The fraction of sp³-hybridized carbons (Fsp3) is 0.684. The van der Waals surface area contributed by atoms with E-state index in [2.05, 4.69) is 71.1 Å². The zero-order chi connectivity index (χ0) is 14.9. The van der Waals surface area contributed by atoms with Crippen LogP contribution in [0.5, 0.6) is 0 Å². The molecule has 0 aromatic heterocycles. The zero-order valence-corrected chi connectivity index (χ0v) is 14.0. The summed E-state index contributed by atoms with van der Waals surface area (Å²) in [6.45, 7) is 13.9. The molecule has 0 saturated heterocycles. The fourth-order valence-electron chi connectivity index (χ4n) is 3.29. The molecule has 1 aliphatic rings. The minimum atomic E-state index is 0.241. The standard InChI is InChI=1S/C19H31N/c1-13-7-12-18(14(13)2)20-15(3)16-8-10-17(11-9-16)19(4,5)6/h8-11,13-15,18,20H,7,12H2,1-6H3. The van der Waals surface area contributed by atoms with Gasteiger partial charge < -0.3 is 5.32 Å². The Balaban J connectivity index is 2.01. The number of hydrogen-bond donors (Lipinski definition) is 1. The van der Waals surface area contributed by atoms with Crippen LogP contribution in [0.2, 0.25) is 0 Å². The average molecular weight is 273 g/mol. The molecule has 0 spiro atoms. The maximum absolute atomic E-state index is 3.83. The van der Waals surface area contributed by atoms with E-state index >= 15 is 0 Å². The van der Waals surface area contributed by atoms with Crippen molar-refractivity contribution >= 4 is 0 Å². The van der Waals surface area contributed by atoms with Gasteiger partial charge in [-0.15, -0.1) is 0 Å². The largest absolute Gasteiger partial charge is 0.307 e. The molecule has 1 aromatic carbocycles. The lowest BCUT2D eigenvalue weighted by Crippen LogP contribution is -2.34. The van der Waals surface area contributed by atoms with Crippen LogP contribution in [0.4, 0.5) is 0 Å². The first-order chi connectivity index (χ1) is 9.29. The Kier molecular flexibility index (Phi) is 4.59. The monoisotopic (exact) mass is 273 g/mol. The molecule has 1 N–H and O–H groups in total. The van der Waals surface area contributed by atoms with Crippen molar-refractivity contribution in [3.05, 3.63) is 35.4 Å². The van der Waals surface area contributed by atoms with E-state index in [-0.39, 0.29) is 5.41 Å². The van der Waals surface area contributed by atoms with E-state index < -0.39 is 0 Å². The molecule has 20 heavy (non-hydrogen) atoms. The van der Waals surface area contributed by atoms with Crippen molar-refractivity contribution in [2.24, 2.45) is 11.8 Å². The van der Waals surface area contributed by atoms with E-state index in [9.17, 15) is 0 Å². The Morgan fingerprint density at radius 1 is 1.05 bits per heavy atom. The molecule has 1 aromatic rings. The molecule has 0 amide bonds. The maximum Gasteiger partial charge on any atom is 0.0294 e. The first-order valence-electron chi connectivity index (χ1n) is 8.15. The molecule has 1 aliphatic carbocycles. The van der Waals surface area contributed by atoms with Gasteiger partial charge in [-0.1, -0.05) is 58.9 Å². The molecule has 0 bridgehead atoms. The predicted molar refractivity (Wildman–Crippen MR) is 88.0 cm³/mol. The second-order valence-corrected chi connectivity index (χ2v) is 7.78. The first-order valence-corrected chi connectivity index (χ1v) is 8.15. The van der Waals surface area contributed by atoms with Gasteiger partial charge in [0.1, 0.15) is 0 Å². The molecular formula is C19H31N. The summed E-state index contributed by atoms with van der Waals surface area (Å²) in [7, 11) is 0. The number of rotatable bonds is 3. The Hall–Kier alpha value is -0.820. The van der Waals surface area contributed by atoms with E-state index in [1.165, 1.54) is 24.0 Å². The highest BCUT2D eigenvalue weighted by Crippen LogP contribution is 2.33. The molecule has 0 heterocycles. The molecule has 1 nitrogen and oxygen atoms in total. The summed E-state index contributed by atoms with van der Waals surface area (Å²) in [4.78, 5) is 0. The summed E-state index contributed by atoms with van der Waals surface area (Å²) in [5.74, 6) is 1.66. The zero-order valence-electron chi connectivity index (χ0n) is 14.0. The highest BCUT2D eigenvalue weighted by Gasteiger charge is 2.30. The van der Waals surface area contributed by atoms with Crippen molar-refractivity contribution in [3.8, 4) is 0 Å². The third-order valence-corrected chi connectivity index (χ3v) is 5.21. The van der Waals surface area contributed by atoms with Crippen molar-refractivity contribution in [2.75, 3.05) is 0 Å². The normalized spacial score (nSPS) is 28.6. The highest BCUT2D eigenvalue weighted by molar-refractivity contribution is 5.29. The lowest BCUT2D eigenvalue weighted by atomic mass is 9.86. The van der Waals surface area contributed by atoms with Crippen LogP contribution < -0.4 is 5.32 Å². The molecule has 112 valence electrons. The summed E-state index contributed by atoms with van der Waals surface area (Å²) in [5.41, 5.74) is 3.06. The van der Waals surface area contributed by atoms with Gasteiger partial charge >= 0.3 is 0 Å². The van der Waals surface area contributed by atoms with E-state index in [0.29, 0.717) is 12.1 Å². The topological polar surface area (TPSA) is 12.0 Å². The van der Waals surface area contributed by atoms with Gasteiger partial charge in [-0.25, -0.2) is 0 Å². The van der Waals surface area contributed by atoms with Gasteiger partial charge in [0.25, 0.3) is 0 Å². The average Bonchev–Trinajstić information content (AvgIpc) is 2.70. The lowest BCUT2D eigenvalue weighted by molar-refractivity contribution is 0.347. The number of benzene rings is 1. The molecule has 1 fully saturated rings. The molecule has 1 saturated carbocycles. The molecule has 4 unspecified atom stereocenters. The molecule has 1 heteroatoms. The third-order valence-electron chi connectivity index (χ3n) is 5.21. The van der Waals surface area contributed by atoms with Crippen molar-refractivity contribution in [3.63, 3.8) is 0 Å². The molecule has 2 rings (SSSR count). The number of nitrogens with one attached hydrogen (secondary N) is 1. The van der Waals surface area contributed by atoms with Gasteiger partial charge in [0.2, 0.25) is 0 Å². The Bertz CT molecular complexity index is 426. The summed E-state index contributed by atoms with van der Waals surface area (Å²) in [5, 5.41) is 3.83. The molecule has 0 radical (unpaired) electrons. The Labute approximate surface area is 125 Å². The second-order valence-electron chi connectivity index (χ2n) is 7.78. The minimum Gasteiger partial charge on any atom is -0.307 e. The van der Waals surface area contributed by atoms with Crippen LogP contribution in [0.1, 0.15) is 71.6 Å². The summed E-state index contributed by atoms with van der Waals surface area (Å²) in [6, 6.07) is 10.3. The molecule has 4 atom stereocenters. The second kappa shape index (κ2) is 5.89. The van der Waals surface area contributed by atoms with Crippen molar-refractivity contribution in [1.82, 2.24) is 5.32 Å². The summed E-state index contributed by atoms with van der Waals surface area (Å²) < 4.78 is 0. The first kappa shape index (κ1) is 15.6. The van der Waals surface area contributed by atoms with E-state index in [4.69, 9.17) is 0 Å². The fourth-order valence-corrected chi connectivity index (χ4v) is 3.29. The lowest BCUT2D eigenvalue weighted by Gasteiger charge is -2.25. The van der Waals surface area contributed by atoms with Gasteiger partial charge in [0.15, 0.2) is 0 Å². The smallest absolute Gasteiger partial charge is 0.0294 e. The van der Waals surface area contributed by atoms with Crippen molar-refractivity contribution in [1.29, 1.82) is 0 Å². The molecular weight excluding hydrogens is 242 g/mol. The van der Waals surface area contributed by atoms with Gasteiger partial charge in [0.05, 0.1) is 0 Å². The van der Waals surface area contributed by atoms with Crippen LogP contribution in [0.15, 0.2) is 24.3 Å². The summed E-state index contributed by atoms with van der Waals surface area (Å²) in [6.07, 6.45) is 2.70. The van der Waals surface area contributed by atoms with Gasteiger partial charge in [0, 0.05) is 12.1 Å². The van der Waals surface area contributed by atoms with Gasteiger partial charge in [-0.05, 0) is 48.1 Å². The van der Waals surface area contributed by atoms with Crippen LogP contribution in [0.25, 0.3) is 0 Å². The van der Waals surface area contributed by atoms with Crippen LogP contribution in [0, 0.1) is 11.8 Å². The van der Waals surface area contributed by atoms with Crippen molar-refractivity contribution < 1.29 is 0 Å². The van der Waals surface area contributed by atoms with Crippen LogP contribution >= 0.6 is 0 Å². The minimum absolute atomic E-state index is 0.241. The van der Waals surface area contributed by atoms with E-state index in [1.807, 2.05) is 0 Å². The highest BCUT2D eigenvalue weighted by atomic mass is 15.0. The number of hydrogen-bond acceptors (Lipinski definition) is 1. The SMILES string of the molecule is CC(NC1CCC(C)C1C)c1ccc(C(C)(C)C)cc1. The van der Waals surface area contributed by atoms with Gasteiger partial charge in [-0.2, -0.15) is 0 Å². The van der Waals surface area contributed by atoms with Crippen LogP contribution in [0.3, 0.4) is 0 Å². The Morgan fingerprint density at radius 2 is 1.65 bits per heavy atom.